The summed E-state index contributed by atoms with van der Waals surface area (Å²) in [6.45, 7) is 2.71. The predicted octanol–water partition coefficient (Wildman–Crippen LogP) is 3.81. The molecule has 0 bridgehead atoms. The van der Waals surface area contributed by atoms with Gasteiger partial charge in [0, 0.05) is 13.0 Å². The van der Waals surface area contributed by atoms with Crippen molar-refractivity contribution in [3.63, 3.8) is 0 Å². The highest BCUT2D eigenvalue weighted by atomic mass is 32.2. The molecule has 8 heteroatoms. The van der Waals surface area contributed by atoms with Crippen molar-refractivity contribution in [1.29, 1.82) is 0 Å². The number of carbonyl (C=O) groups excluding carboxylic acids is 1. The van der Waals surface area contributed by atoms with Crippen LogP contribution in [-0.4, -0.2) is 35.1 Å². The van der Waals surface area contributed by atoms with E-state index < -0.39 is 16.1 Å². The van der Waals surface area contributed by atoms with E-state index in [2.05, 4.69) is 17.0 Å². The highest BCUT2D eigenvalue weighted by molar-refractivity contribution is 7.89. The molecule has 0 spiro atoms. The summed E-state index contributed by atoms with van der Waals surface area (Å²) < 4.78 is 38.8. The van der Waals surface area contributed by atoms with Crippen molar-refractivity contribution in [3.8, 4) is 11.5 Å². The van der Waals surface area contributed by atoms with Gasteiger partial charge in [0.1, 0.15) is 11.5 Å². The maximum atomic E-state index is 12.9. The first-order valence-electron chi connectivity index (χ1n) is 10.5. The average Bonchev–Trinajstić information content (AvgIpc) is 2.78. The lowest BCUT2D eigenvalue weighted by molar-refractivity contribution is -0.121. The summed E-state index contributed by atoms with van der Waals surface area (Å²) in [4.78, 5) is 12.6. The molecule has 31 heavy (non-hydrogen) atoms. The van der Waals surface area contributed by atoms with Crippen LogP contribution in [0.3, 0.4) is 0 Å². The number of benzene rings is 2. The average molecular weight is 449 g/mol. The van der Waals surface area contributed by atoms with Crippen LogP contribution in [0, 0.1) is 0 Å². The van der Waals surface area contributed by atoms with E-state index in [0.717, 1.165) is 25.7 Å². The molecule has 170 valence electrons. The van der Waals surface area contributed by atoms with Crippen molar-refractivity contribution >= 4 is 15.9 Å². The highest BCUT2D eigenvalue weighted by Gasteiger charge is 2.24. The number of unbranched alkanes of at least 4 members (excludes halogenated alkanes) is 3. The van der Waals surface area contributed by atoms with Crippen LogP contribution < -0.4 is 19.5 Å². The third kappa shape index (κ3) is 7.88. The van der Waals surface area contributed by atoms with Crippen LogP contribution in [0.25, 0.3) is 0 Å². The molecule has 0 aliphatic rings. The number of hydrogen-bond donors (Lipinski definition) is 2. The van der Waals surface area contributed by atoms with Crippen LogP contribution in [0.2, 0.25) is 0 Å². The quantitative estimate of drug-likeness (QED) is 0.455. The van der Waals surface area contributed by atoms with Gasteiger partial charge in [0.15, 0.2) is 0 Å². The van der Waals surface area contributed by atoms with Gasteiger partial charge in [-0.2, -0.15) is 0 Å². The van der Waals surface area contributed by atoms with Crippen LogP contribution in [0.1, 0.15) is 50.6 Å². The fraction of sp³-hybridized carbons (Fsp3) is 0.435. The zero-order valence-electron chi connectivity index (χ0n) is 18.4. The van der Waals surface area contributed by atoms with Crippen LogP contribution in [-0.2, 0) is 14.8 Å². The molecule has 0 unspecified atom stereocenters. The summed E-state index contributed by atoms with van der Waals surface area (Å²) >= 11 is 0. The summed E-state index contributed by atoms with van der Waals surface area (Å²) in [5, 5.41) is 2.89. The summed E-state index contributed by atoms with van der Waals surface area (Å²) in [6.07, 6.45) is 4.22. The molecular weight excluding hydrogens is 416 g/mol. The van der Waals surface area contributed by atoms with Gasteiger partial charge in [0.05, 0.1) is 25.2 Å². The van der Waals surface area contributed by atoms with Gasteiger partial charge < -0.3 is 14.8 Å². The largest absolute Gasteiger partial charge is 0.497 e. The van der Waals surface area contributed by atoms with Gasteiger partial charge in [0.25, 0.3) is 0 Å². The first-order valence-corrected chi connectivity index (χ1v) is 11.9. The zero-order valence-corrected chi connectivity index (χ0v) is 19.2. The van der Waals surface area contributed by atoms with Gasteiger partial charge in [-0.25, -0.2) is 13.1 Å². The molecule has 7 nitrogen and oxygen atoms in total. The van der Waals surface area contributed by atoms with E-state index in [0.29, 0.717) is 23.6 Å². The summed E-state index contributed by atoms with van der Waals surface area (Å²) in [5.41, 5.74) is 0.680. The molecule has 1 atom stereocenters. The highest BCUT2D eigenvalue weighted by Crippen LogP contribution is 2.24. The number of rotatable bonds is 13. The van der Waals surface area contributed by atoms with Gasteiger partial charge in [-0.05, 0) is 48.4 Å². The van der Waals surface area contributed by atoms with E-state index in [1.807, 2.05) is 0 Å². The third-order valence-corrected chi connectivity index (χ3v) is 6.41. The number of amides is 1. The minimum absolute atomic E-state index is 0.00447. The molecule has 0 fully saturated rings. The van der Waals surface area contributed by atoms with Gasteiger partial charge in [-0.15, -0.1) is 0 Å². The van der Waals surface area contributed by atoms with Crippen molar-refractivity contribution in [2.75, 3.05) is 20.8 Å². The standard InChI is InChI=1S/C23H32N2O5S/c1-4-5-6-7-16-24-23(26)17-22(18-8-10-19(29-2)11-9-18)25-31(27,28)21-14-12-20(30-3)13-15-21/h8-15,22,25H,4-7,16-17H2,1-3H3,(H,24,26)/t22-/m1/s1. The molecule has 0 aliphatic heterocycles. The van der Waals surface area contributed by atoms with Crippen molar-refractivity contribution in [1.82, 2.24) is 10.0 Å². The van der Waals surface area contributed by atoms with E-state index in [-0.39, 0.29) is 17.2 Å². The van der Waals surface area contributed by atoms with Crippen molar-refractivity contribution in [2.45, 2.75) is 50.0 Å². The normalized spacial score (nSPS) is 12.2. The minimum Gasteiger partial charge on any atom is -0.497 e. The summed E-state index contributed by atoms with van der Waals surface area (Å²) in [6, 6.07) is 12.4. The van der Waals surface area contributed by atoms with E-state index in [4.69, 9.17) is 9.47 Å². The second-order valence-electron chi connectivity index (χ2n) is 7.24. The van der Waals surface area contributed by atoms with Gasteiger partial charge in [-0.3, -0.25) is 4.79 Å². The smallest absolute Gasteiger partial charge is 0.241 e. The van der Waals surface area contributed by atoms with Gasteiger partial charge in [0.2, 0.25) is 15.9 Å². The lowest BCUT2D eigenvalue weighted by Crippen LogP contribution is -2.34. The molecule has 2 aromatic carbocycles. The summed E-state index contributed by atoms with van der Waals surface area (Å²) in [7, 11) is -0.767. The van der Waals surface area contributed by atoms with Crippen LogP contribution in [0.4, 0.5) is 0 Å². The predicted molar refractivity (Wildman–Crippen MR) is 121 cm³/mol. The van der Waals surface area contributed by atoms with Gasteiger partial charge >= 0.3 is 0 Å². The van der Waals surface area contributed by atoms with Crippen LogP contribution >= 0.6 is 0 Å². The summed E-state index contributed by atoms with van der Waals surface area (Å²) in [5.74, 6) is 1.02. The number of nitrogens with one attached hydrogen (secondary N) is 2. The molecular formula is C23H32N2O5S. The second kappa shape index (κ2) is 12.3. The van der Waals surface area contributed by atoms with Crippen molar-refractivity contribution in [3.05, 3.63) is 54.1 Å². The molecule has 1 amide bonds. The Morgan fingerprint density at radius 3 is 2.03 bits per heavy atom. The molecule has 0 aliphatic carbocycles. The molecule has 2 N–H and O–H groups in total. The number of methoxy groups -OCH3 is 2. The fourth-order valence-electron chi connectivity index (χ4n) is 3.11. The van der Waals surface area contributed by atoms with Crippen molar-refractivity contribution in [2.24, 2.45) is 0 Å². The first kappa shape index (κ1) is 24.7. The number of carbonyl (C=O) groups is 1. The topological polar surface area (TPSA) is 93.7 Å². The van der Waals surface area contributed by atoms with E-state index in [1.54, 1.807) is 43.5 Å². The Labute approximate surface area is 185 Å². The first-order chi connectivity index (χ1) is 14.9. The van der Waals surface area contributed by atoms with E-state index in [9.17, 15) is 13.2 Å². The Balaban J connectivity index is 2.15. The van der Waals surface area contributed by atoms with Crippen LogP contribution in [0.5, 0.6) is 11.5 Å². The lowest BCUT2D eigenvalue weighted by atomic mass is 10.0. The second-order valence-corrected chi connectivity index (χ2v) is 8.95. The van der Waals surface area contributed by atoms with Gasteiger partial charge in [-0.1, -0.05) is 38.3 Å². The van der Waals surface area contributed by atoms with Crippen LogP contribution in [0.15, 0.2) is 53.4 Å². The molecule has 0 saturated carbocycles. The molecule has 2 aromatic rings. The SMILES string of the molecule is CCCCCCNC(=O)C[C@@H](NS(=O)(=O)c1ccc(OC)cc1)c1ccc(OC)cc1. The van der Waals surface area contributed by atoms with Crippen molar-refractivity contribution < 1.29 is 22.7 Å². The zero-order chi connectivity index (χ0) is 22.7. The molecule has 0 heterocycles. The maximum Gasteiger partial charge on any atom is 0.241 e. The minimum atomic E-state index is -3.84. The fourth-order valence-corrected chi connectivity index (χ4v) is 4.34. The Kier molecular flexibility index (Phi) is 9.81. The molecule has 0 radical (unpaired) electrons. The number of sulfonamides is 1. The lowest BCUT2D eigenvalue weighted by Gasteiger charge is -2.19. The Hall–Kier alpha value is -2.58. The van der Waals surface area contributed by atoms with E-state index >= 15 is 0 Å². The van der Waals surface area contributed by atoms with E-state index in [1.165, 1.54) is 19.2 Å². The Bertz CT molecular complexity index is 912. The number of hydrogen-bond acceptors (Lipinski definition) is 5. The molecule has 2 rings (SSSR count). The Morgan fingerprint density at radius 2 is 1.48 bits per heavy atom. The molecule has 0 saturated heterocycles. The monoisotopic (exact) mass is 448 g/mol. The molecule has 0 aromatic heterocycles. The maximum absolute atomic E-state index is 12.9. The number of ether oxygens (including phenoxy) is 2. The Morgan fingerprint density at radius 1 is 0.903 bits per heavy atom. The third-order valence-electron chi connectivity index (χ3n) is 4.93.